The highest BCUT2D eigenvalue weighted by molar-refractivity contribution is 5.94. The number of likely N-dealkylation sites (N-methyl/N-ethyl adjacent to an activating group) is 1. The molecule has 2 amide bonds. The molecular weight excluding hydrogens is 346 g/mol. The molecule has 2 aliphatic rings. The molecule has 1 aromatic carbocycles. The van der Waals surface area contributed by atoms with Crippen LogP contribution in [-0.4, -0.2) is 80.7 Å². The highest BCUT2D eigenvalue weighted by atomic mass is 16.5. The Labute approximate surface area is 160 Å². The highest BCUT2D eigenvalue weighted by Crippen LogP contribution is 2.35. The largest absolute Gasteiger partial charge is 0.491 e. The van der Waals surface area contributed by atoms with Crippen LogP contribution in [0.2, 0.25) is 0 Å². The fraction of sp³-hybridized carbons (Fsp3) is 0.600. The van der Waals surface area contributed by atoms with Crippen LogP contribution in [0.15, 0.2) is 24.3 Å². The lowest BCUT2D eigenvalue weighted by atomic mass is 9.80. The van der Waals surface area contributed by atoms with Crippen molar-refractivity contribution in [3.63, 3.8) is 0 Å². The van der Waals surface area contributed by atoms with E-state index in [1.54, 1.807) is 26.2 Å². The van der Waals surface area contributed by atoms with Gasteiger partial charge >= 0.3 is 0 Å². The second-order valence-corrected chi connectivity index (χ2v) is 7.60. The summed E-state index contributed by atoms with van der Waals surface area (Å²) >= 11 is 0. The van der Waals surface area contributed by atoms with Crippen molar-refractivity contribution < 1.29 is 19.1 Å². The Balaban J connectivity index is 1.64. The first-order valence-corrected chi connectivity index (χ1v) is 9.42. The molecule has 0 radical (unpaired) electrons. The average molecular weight is 375 g/mol. The van der Waals surface area contributed by atoms with Crippen molar-refractivity contribution in [2.75, 3.05) is 53.6 Å². The number of carbonyl (C=O) groups excluding carboxylic acids is 2. The first kappa shape index (κ1) is 19.6. The Morgan fingerprint density at radius 1 is 1.22 bits per heavy atom. The second-order valence-electron chi connectivity index (χ2n) is 7.60. The molecule has 0 aromatic heterocycles. The van der Waals surface area contributed by atoms with Crippen molar-refractivity contribution in [3.8, 4) is 5.75 Å². The lowest BCUT2D eigenvalue weighted by Crippen LogP contribution is -2.61. The Kier molecular flexibility index (Phi) is 6.01. The summed E-state index contributed by atoms with van der Waals surface area (Å²) in [6.45, 7) is 5.61. The molecule has 2 atom stereocenters. The molecule has 7 heteroatoms. The topological polar surface area (TPSA) is 71.1 Å². The van der Waals surface area contributed by atoms with Gasteiger partial charge in [0.25, 0.3) is 5.91 Å². The van der Waals surface area contributed by atoms with Gasteiger partial charge in [-0.2, -0.15) is 0 Å². The molecule has 0 spiro atoms. The van der Waals surface area contributed by atoms with E-state index in [1.807, 2.05) is 17.0 Å². The quantitative estimate of drug-likeness (QED) is 0.751. The van der Waals surface area contributed by atoms with E-state index in [2.05, 4.69) is 17.3 Å². The maximum absolute atomic E-state index is 12.9. The molecule has 2 aliphatic heterocycles. The summed E-state index contributed by atoms with van der Waals surface area (Å²) in [4.78, 5) is 28.8. The summed E-state index contributed by atoms with van der Waals surface area (Å²) in [5.74, 6) is 1.01. The van der Waals surface area contributed by atoms with E-state index in [-0.39, 0.29) is 23.3 Å². The minimum Gasteiger partial charge on any atom is -0.491 e. The number of carbonyl (C=O) groups is 2. The number of benzene rings is 1. The van der Waals surface area contributed by atoms with Crippen LogP contribution in [0.25, 0.3) is 0 Å². The number of methoxy groups -OCH3 is 1. The third kappa shape index (κ3) is 4.42. The van der Waals surface area contributed by atoms with Crippen molar-refractivity contribution in [2.24, 2.45) is 5.92 Å². The number of nitrogens with zero attached hydrogens (tertiary/aromatic N) is 2. The van der Waals surface area contributed by atoms with Crippen LogP contribution < -0.4 is 10.1 Å². The van der Waals surface area contributed by atoms with Gasteiger partial charge in [-0.05, 0) is 37.7 Å². The molecule has 2 fully saturated rings. The van der Waals surface area contributed by atoms with Crippen molar-refractivity contribution in [3.05, 3.63) is 29.8 Å². The molecule has 27 heavy (non-hydrogen) atoms. The van der Waals surface area contributed by atoms with Crippen molar-refractivity contribution in [1.29, 1.82) is 0 Å². The second kappa shape index (κ2) is 8.27. The number of nitrogens with one attached hydrogen (secondary N) is 1. The number of hydrogen-bond donors (Lipinski definition) is 1. The Hall–Kier alpha value is -2.12. The minimum atomic E-state index is -0.212. The van der Waals surface area contributed by atoms with Crippen LogP contribution in [0.3, 0.4) is 0 Å². The molecule has 1 N–H and O–H groups in total. The van der Waals surface area contributed by atoms with Crippen LogP contribution in [0.5, 0.6) is 5.75 Å². The summed E-state index contributed by atoms with van der Waals surface area (Å²) < 4.78 is 10.5. The van der Waals surface area contributed by atoms with Gasteiger partial charge in [0.1, 0.15) is 12.4 Å². The van der Waals surface area contributed by atoms with E-state index in [4.69, 9.17) is 9.47 Å². The molecule has 0 saturated carbocycles. The summed E-state index contributed by atoms with van der Waals surface area (Å²) in [6.07, 6.45) is 0.783. The fourth-order valence-electron chi connectivity index (χ4n) is 4.29. The van der Waals surface area contributed by atoms with Gasteiger partial charge in [-0.1, -0.05) is 0 Å². The van der Waals surface area contributed by atoms with Crippen LogP contribution >= 0.6 is 0 Å². The number of fused-ring (bicyclic) bond motifs is 1. The van der Waals surface area contributed by atoms with Gasteiger partial charge in [0, 0.05) is 51.7 Å². The van der Waals surface area contributed by atoms with Crippen LogP contribution in [0.1, 0.15) is 23.7 Å². The Morgan fingerprint density at radius 3 is 2.63 bits per heavy atom. The van der Waals surface area contributed by atoms with Gasteiger partial charge in [0.2, 0.25) is 5.91 Å². The lowest BCUT2D eigenvalue weighted by Gasteiger charge is -2.44. The average Bonchev–Trinajstić information content (AvgIpc) is 2.95. The number of piperidine rings is 1. The van der Waals surface area contributed by atoms with Gasteiger partial charge in [0.05, 0.1) is 12.1 Å². The summed E-state index contributed by atoms with van der Waals surface area (Å²) in [6, 6.07) is 7.25. The highest BCUT2D eigenvalue weighted by Gasteiger charge is 2.49. The SMILES string of the molecule is COCCOc1ccc(C(=O)N2CC[C@@]3(NC(C)=O)CN(C)C[C@H]3C2)cc1. The predicted molar refractivity (Wildman–Crippen MR) is 102 cm³/mol. The standard InChI is InChI=1S/C20H29N3O4/c1-15(24)21-20-8-9-23(13-17(20)12-22(2)14-20)19(25)16-4-6-18(7-5-16)27-11-10-26-3/h4-7,17H,8-14H2,1-3H3,(H,21,24)/t17-,20+/m0/s1. The Morgan fingerprint density at radius 2 is 1.96 bits per heavy atom. The van der Waals surface area contributed by atoms with Gasteiger partial charge in [-0.25, -0.2) is 0 Å². The van der Waals surface area contributed by atoms with E-state index < -0.39 is 0 Å². The van der Waals surface area contributed by atoms with Crippen molar-refractivity contribution >= 4 is 11.8 Å². The first-order chi connectivity index (χ1) is 12.9. The smallest absolute Gasteiger partial charge is 0.253 e. The van der Waals surface area contributed by atoms with Gasteiger partial charge in [-0.3, -0.25) is 9.59 Å². The number of hydrogen-bond acceptors (Lipinski definition) is 5. The molecule has 3 rings (SSSR count). The number of ether oxygens (including phenoxy) is 2. The summed E-state index contributed by atoms with van der Waals surface area (Å²) in [7, 11) is 3.70. The molecule has 0 unspecified atom stereocenters. The number of likely N-dealkylation sites (tertiary alicyclic amines) is 2. The van der Waals surface area contributed by atoms with E-state index in [9.17, 15) is 9.59 Å². The van der Waals surface area contributed by atoms with E-state index in [0.717, 1.165) is 25.3 Å². The molecule has 0 aliphatic carbocycles. The first-order valence-electron chi connectivity index (χ1n) is 9.42. The molecule has 148 valence electrons. The van der Waals surface area contributed by atoms with Gasteiger partial charge in [-0.15, -0.1) is 0 Å². The Bertz CT molecular complexity index is 678. The van der Waals surface area contributed by atoms with Crippen molar-refractivity contribution in [1.82, 2.24) is 15.1 Å². The zero-order chi connectivity index (χ0) is 19.4. The maximum atomic E-state index is 12.9. The molecule has 0 bridgehead atoms. The zero-order valence-electron chi connectivity index (χ0n) is 16.4. The number of rotatable bonds is 6. The third-order valence-electron chi connectivity index (χ3n) is 5.50. The monoisotopic (exact) mass is 375 g/mol. The zero-order valence-corrected chi connectivity index (χ0v) is 16.4. The molecule has 2 heterocycles. The third-order valence-corrected chi connectivity index (χ3v) is 5.50. The minimum absolute atomic E-state index is 0.000798. The summed E-state index contributed by atoms with van der Waals surface area (Å²) in [5, 5.41) is 3.17. The van der Waals surface area contributed by atoms with E-state index >= 15 is 0 Å². The molecular formula is C20H29N3O4. The predicted octanol–water partition coefficient (Wildman–Crippen LogP) is 0.994. The van der Waals surface area contributed by atoms with Gasteiger partial charge < -0.3 is 24.6 Å². The van der Waals surface area contributed by atoms with E-state index in [1.165, 1.54) is 0 Å². The van der Waals surface area contributed by atoms with Crippen LogP contribution in [-0.2, 0) is 9.53 Å². The lowest BCUT2D eigenvalue weighted by molar-refractivity contribution is -0.121. The van der Waals surface area contributed by atoms with Crippen LogP contribution in [0, 0.1) is 5.92 Å². The summed E-state index contributed by atoms with van der Waals surface area (Å²) in [5.41, 5.74) is 0.448. The van der Waals surface area contributed by atoms with E-state index in [0.29, 0.717) is 31.9 Å². The van der Waals surface area contributed by atoms with Crippen LogP contribution in [0.4, 0.5) is 0 Å². The molecule has 2 saturated heterocycles. The molecule has 7 nitrogen and oxygen atoms in total. The molecule has 1 aromatic rings. The number of amides is 2. The van der Waals surface area contributed by atoms with Gasteiger partial charge in [0.15, 0.2) is 0 Å². The fourth-order valence-corrected chi connectivity index (χ4v) is 4.29. The normalized spacial score (nSPS) is 25.1. The van der Waals surface area contributed by atoms with Crippen molar-refractivity contribution in [2.45, 2.75) is 18.9 Å². The maximum Gasteiger partial charge on any atom is 0.253 e.